The SMILES string of the molecule is NCCOc1ccc(F)cc1C(=O)NCCC1COc2ccccc2O1. The highest BCUT2D eigenvalue weighted by Crippen LogP contribution is 2.31. The Morgan fingerprint density at radius 2 is 2.08 bits per heavy atom. The number of hydrogen-bond donors (Lipinski definition) is 2. The minimum Gasteiger partial charge on any atom is -0.491 e. The number of hydrogen-bond acceptors (Lipinski definition) is 5. The highest BCUT2D eigenvalue weighted by molar-refractivity contribution is 5.96. The van der Waals surface area contributed by atoms with E-state index in [1.165, 1.54) is 12.1 Å². The second-order valence-electron chi connectivity index (χ2n) is 5.82. The van der Waals surface area contributed by atoms with Gasteiger partial charge >= 0.3 is 0 Å². The van der Waals surface area contributed by atoms with E-state index in [0.717, 1.165) is 6.07 Å². The highest BCUT2D eigenvalue weighted by atomic mass is 19.1. The first kappa shape index (κ1) is 18.0. The standard InChI is InChI=1S/C19H21FN2O4/c20-13-5-6-16(24-10-8-21)15(11-13)19(23)22-9-7-14-12-25-17-3-1-2-4-18(17)26-14/h1-6,11,14H,7-10,12,21H2,(H,22,23). The van der Waals surface area contributed by atoms with Crippen LogP contribution in [-0.2, 0) is 0 Å². The molecule has 1 aliphatic heterocycles. The largest absolute Gasteiger partial charge is 0.491 e. The fourth-order valence-corrected chi connectivity index (χ4v) is 2.62. The lowest BCUT2D eigenvalue weighted by Gasteiger charge is -2.26. The number of amides is 1. The Balaban J connectivity index is 1.54. The normalized spacial score (nSPS) is 15.4. The van der Waals surface area contributed by atoms with Crippen molar-refractivity contribution in [2.45, 2.75) is 12.5 Å². The van der Waals surface area contributed by atoms with Crippen molar-refractivity contribution in [3.63, 3.8) is 0 Å². The smallest absolute Gasteiger partial charge is 0.255 e. The molecule has 1 aliphatic rings. The van der Waals surface area contributed by atoms with Crippen LogP contribution in [0.1, 0.15) is 16.8 Å². The van der Waals surface area contributed by atoms with E-state index in [1.807, 2.05) is 24.3 Å². The Kier molecular flexibility index (Phi) is 5.91. The van der Waals surface area contributed by atoms with Crippen molar-refractivity contribution in [3.8, 4) is 17.2 Å². The van der Waals surface area contributed by atoms with E-state index in [1.54, 1.807) is 0 Å². The van der Waals surface area contributed by atoms with Crippen LogP contribution in [-0.4, -0.2) is 38.3 Å². The lowest BCUT2D eigenvalue weighted by atomic mass is 10.1. The van der Waals surface area contributed by atoms with E-state index in [2.05, 4.69) is 5.32 Å². The molecule has 3 rings (SSSR count). The van der Waals surface area contributed by atoms with Crippen LogP contribution in [0, 0.1) is 5.82 Å². The van der Waals surface area contributed by atoms with Gasteiger partial charge in [0.25, 0.3) is 5.91 Å². The van der Waals surface area contributed by atoms with Crippen LogP contribution in [0.25, 0.3) is 0 Å². The summed E-state index contributed by atoms with van der Waals surface area (Å²) < 4.78 is 30.4. The quantitative estimate of drug-likeness (QED) is 0.790. The number of rotatable bonds is 7. The molecule has 0 fully saturated rings. The zero-order chi connectivity index (χ0) is 18.4. The van der Waals surface area contributed by atoms with Crippen LogP contribution in [0.5, 0.6) is 17.2 Å². The molecular formula is C19H21FN2O4. The summed E-state index contributed by atoms with van der Waals surface area (Å²) in [5, 5.41) is 2.76. The average molecular weight is 360 g/mol. The number of carbonyl (C=O) groups excluding carboxylic acids is 1. The zero-order valence-electron chi connectivity index (χ0n) is 14.2. The molecule has 26 heavy (non-hydrogen) atoms. The third kappa shape index (κ3) is 4.43. The van der Waals surface area contributed by atoms with E-state index in [-0.39, 0.29) is 18.3 Å². The molecule has 0 radical (unpaired) electrons. The predicted molar refractivity (Wildman–Crippen MR) is 94.3 cm³/mol. The van der Waals surface area contributed by atoms with Crippen molar-refractivity contribution in [2.75, 3.05) is 26.3 Å². The van der Waals surface area contributed by atoms with Gasteiger partial charge in [0.1, 0.15) is 30.9 Å². The summed E-state index contributed by atoms with van der Waals surface area (Å²) >= 11 is 0. The molecule has 6 nitrogen and oxygen atoms in total. The average Bonchev–Trinajstić information content (AvgIpc) is 2.66. The number of carbonyl (C=O) groups is 1. The van der Waals surface area contributed by atoms with Gasteiger partial charge in [-0.3, -0.25) is 4.79 Å². The third-order valence-corrected chi connectivity index (χ3v) is 3.88. The molecule has 0 saturated carbocycles. The molecule has 0 bridgehead atoms. The van der Waals surface area contributed by atoms with Crippen LogP contribution < -0.4 is 25.3 Å². The molecule has 2 aromatic carbocycles. The molecular weight excluding hydrogens is 339 g/mol. The number of benzene rings is 2. The zero-order valence-corrected chi connectivity index (χ0v) is 14.2. The van der Waals surface area contributed by atoms with Gasteiger partial charge in [-0.1, -0.05) is 12.1 Å². The second-order valence-corrected chi connectivity index (χ2v) is 5.82. The molecule has 0 aromatic heterocycles. The van der Waals surface area contributed by atoms with Crippen molar-refractivity contribution in [2.24, 2.45) is 5.73 Å². The van der Waals surface area contributed by atoms with Gasteiger partial charge in [0.15, 0.2) is 11.5 Å². The number of fused-ring (bicyclic) bond motifs is 1. The van der Waals surface area contributed by atoms with E-state index >= 15 is 0 Å². The first-order chi connectivity index (χ1) is 12.7. The Bertz CT molecular complexity index is 769. The molecule has 138 valence electrons. The van der Waals surface area contributed by atoms with Crippen molar-refractivity contribution in [3.05, 3.63) is 53.8 Å². The van der Waals surface area contributed by atoms with Crippen LogP contribution in [0.4, 0.5) is 4.39 Å². The molecule has 2 aromatic rings. The molecule has 3 N–H and O–H groups in total. The Labute approximate surface area is 151 Å². The highest BCUT2D eigenvalue weighted by Gasteiger charge is 2.21. The molecule has 7 heteroatoms. The summed E-state index contributed by atoms with van der Waals surface area (Å²) in [6.07, 6.45) is 0.402. The van der Waals surface area contributed by atoms with Gasteiger partial charge < -0.3 is 25.3 Å². The van der Waals surface area contributed by atoms with E-state index in [4.69, 9.17) is 19.9 Å². The van der Waals surface area contributed by atoms with Crippen LogP contribution in [0.15, 0.2) is 42.5 Å². The van der Waals surface area contributed by atoms with Crippen LogP contribution in [0.3, 0.4) is 0 Å². The Hall–Kier alpha value is -2.80. The van der Waals surface area contributed by atoms with Gasteiger partial charge in [-0.2, -0.15) is 0 Å². The summed E-state index contributed by atoms with van der Waals surface area (Å²) in [5.74, 6) is 0.803. The molecule has 0 aliphatic carbocycles. The lowest BCUT2D eigenvalue weighted by Crippen LogP contribution is -2.34. The minimum atomic E-state index is -0.504. The van der Waals surface area contributed by atoms with Crippen molar-refractivity contribution >= 4 is 5.91 Å². The lowest BCUT2D eigenvalue weighted by molar-refractivity contribution is 0.0811. The maximum Gasteiger partial charge on any atom is 0.255 e. The Morgan fingerprint density at radius 1 is 1.27 bits per heavy atom. The van der Waals surface area contributed by atoms with E-state index in [9.17, 15) is 9.18 Å². The third-order valence-electron chi connectivity index (χ3n) is 3.88. The number of ether oxygens (including phenoxy) is 3. The summed E-state index contributed by atoms with van der Waals surface area (Å²) in [6, 6.07) is 11.3. The fourth-order valence-electron chi connectivity index (χ4n) is 2.62. The number of halogens is 1. The van der Waals surface area contributed by atoms with Crippen LogP contribution in [0.2, 0.25) is 0 Å². The van der Waals surface area contributed by atoms with Gasteiger partial charge in [-0.05, 0) is 30.3 Å². The number of nitrogens with two attached hydrogens (primary N) is 1. The Morgan fingerprint density at radius 3 is 2.88 bits per heavy atom. The van der Waals surface area contributed by atoms with Crippen LogP contribution >= 0.6 is 0 Å². The van der Waals surface area contributed by atoms with Gasteiger partial charge in [-0.25, -0.2) is 4.39 Å². The fraction of sp³-hybridized carbons (Fsp3) is 0.316. The van der Waals surface area contributed by atoms with E-state index < -0.39 is 11.7 Å². The number of para-hydroxylation sites is 2. The van der Waals surface area contributed by atoms with Gasteiger partial charge in [0.05, 0.1) is 5.56 Å². The topological polar surface area (TPSA) is 82.8 Å². The summed E-state index contributed by atoms with van der Waals surface area (Å²) in [6.45, 7) is 1.33. The first-order valence-electron chi connectivity index (χ1n) is 8.46. The molecule has 0 spiro atoms. The maximum atomic E-state index is 13.5. The summed E-state index contributed by atoms with van der Waals surface area (Å²) in [4.78, 5) is 12.4. The monoisotopic (exact) mass is 360 g/mol. The van der Waals surface area contributed by atoms with Crippen molar-refractivity contribution in [1.82, 2.24) is 5.32 Å². The molecule has 0 saturated heterocycles. The molecule has 1 atom stereocenters. The first-order valence-corrected chi connectivity index (χ1v) is 8.46. The number of nitrogens with one attached hydrogen (secondary N) is 1. The van der Waals surface area contributed by atoms with Crippen molar-refractivity contribution < 1.29 is 23.4 Å². The molecule has 1 amide bonds. The second kappa shape index (κ2) is 8.53. The van der Waals surface area contributed by atoms with Gasteiger partial charge in [0, 0.05) is 19.5 Å². The molecule has 1 unspecified atom stereocenters. The van der Waals surface area contributed by atoms with Crippen molar-refractivity contribution in [1.29, 1.82) is 0 Å². The summed E-state index contributed by atoms with van der Waals surface area (Å²) in [5.41, 5.74) is 5.55. The van der Waals surface area contributed by atoms with Gasteiger partial charge in [0.2, 0.25) is 0 Å². The molecule has 1 heterocycles. The minimum absolute atomic E-state index is 0.143. The van der Waals surface area contributed by atoms with E-state index in [0.29, 0.717) is 43.4 Å². The van der Waals surface area contributed by atoms with Gasteiger partial charge in [-0.15, -0.1) is 0 Å². The predicted octanol–water partition coefficient (Wildman–Crippen LogP) is 2.12. The maximum absolute atomic E-state index is 13.5. The summed E-state index contributed by atoms with van der Waals surface area (Å²) in [7, 11) is 0.